The summed E-state index contributed by atoms with van der Waals surface area (Å²) in [5.74, 6) is 0. The van der Waals surface area contributed by atoms with Gasteiger partial charge in [0.1, 0.15) is 10.0 Å². The lowest BCUT2D eigenvalue weighted by Gasteiger charge is -2.06. The van der Waals surface area contributed by atoms with Gasteiger partial charge in [-0.05, 0) is 36.4 Å². The molecule has 162 valence electrons. The summed E-state index contributed by atoms with van der Waals surface area (Å²) in [5.41, 5.74) is 1.09. The van der Waals surface area contributed by atoms with E-state index < -0.39 is 23.5 Å². The van der Waals surface area contributed by atoms with Gasteiger partial charge in [-0.3, -0.25) is 0 Å². The Balaban J connectivity index is 1.48. The third kappa shape index (κ3) is 3.84. The highest BCUT2D eigenvalue weighted by atomic mass is 32.1. The second-order valence-corrected chi connectivity index (χ2v) is 9.04. The third-order valence-corrected chi connectivity index (χ3v) is 6.95. The Morgan fingerprint density at radius 2 is 0.875 bits per heavy atom. The number of hydrogen-bond donors (Lipinski definition) is 0. The average Bonchev–Trinajstić information content (AvgIpc) is 3.34. The van der Waals surface area contributed by atoms with Crippen molar-refractivity contribution in [1.82, 2.24) is 9.97 Å². The first-order valence-electron chi connectivity index (χ1n) is 9.14. The van der Waals surface area contributed by atoms with Crippen LogP contribution in [0.1, 0.15) is 11.1 Å². The summed E-state index contributed by atoms with van der Waals surface area (Å²) in [4.78, 5) is 9.07. The average molecular weight is 480 g/mol. The number of benzene rings is 3. The summed E-state index contributed by atoms with van der Waals surface area (Å²) in [6, 6.07) is 13.3. The number of thiazole rings is 2. The Kier molecular flexibility index (Phi) is 4.75. The smallest absolute Gasteiger partial charge is 0.236 e. The predicted octanol–water partition coefficient (Wildman–Crippen LogP) is 8.28. The predicted molar refractivity (Wildman–Crippen MR) is 114 cm³/mol. The van der Waals surface area contributed by atoms with E-state index in [0.29, 0.717) is 32.2 Å². The lowest BCUT2D eigenvalue weighted by molar-refractivity contribution is -0.138. The lowest BCUT2D eigenvalue weighted by Crippen LogP contribution is -2.03. The van der Waals surface area contributed by atoms with E-state index in [2.05, 4.69) is 9.97 Å². The topological polar surface area (TPSA) is 25.8 Å². The van der Waals surface area contributed by atoms with Gasteiger partial charge in [0.2, 0.25) is 0 Å². The molecular formula is C22H10F6N2S2. The molecular weight excluding hydrogens is 470 g/mol. The minimum atomic E-state index is -4.40. The van der Waals surface area contributed by atoms with Gasteiger partial charge in [0.15, 0.2) is 0 Å². The van der Waals surface area contributed by atoms with Crippen LogP contribution < -0.4 is 0 Å². The maximum absolute atomic E-state index is 12.8. The fourth-order valence-electron chi connectivity index (χ4n) is 3.20. The molecule has 2 nitrogen and oxygen atoms in total. The number of fused-ring (bicyclic) bond motifs is 2. The molecule has 0 aliphatic heterocycles. The van der Waals surface area contributed by atoms with Crippen LogP contribution in [0.3, 0.4) is 0 Å². The molecule has 0 spiro atoms. The van der Waals surface area contributed by atoms with E-state index in [4.69, 9.17) is 0 Å². The van der Waals surface area contributed by atoms with E-state index in [1.165, 1.54) is 46.9 Å². The molecule has 0 N–H and O–H groups in total. The molecule has 5 aromatic rings. The normalized spacial score (nSPS) is 12.7. The molecule has 0 atom stereocenters. The molecule has 0 bridgehead atoms. The minimum Gasteiger partial charge on any atom is -0.236 e. The number of halogens is 6. The largest absolute Gasteiger partial charge is 0.416 e. The number of hydrogen-bond acceptors (Lipinski definition) is 4. The van der Waals surface area contributed by atoms with Crippen LogP contribution in [0.4, 0.5) is 26.3 Å². The van der Waals surface area contributed by atoms with Crippen molar-refractivity contribution in [3.8, 4) is 21.1 Å². The van der Waals surface area contributed by atoms with Crippen molar-refractivity contribution in [2.45, 2.75) is 12.4 Å². The zero-order valence-electron chi connectivity index (χ0n) is 15.8. The molecule has 2 heterocycles. The Morgan fingerprint density at radius 3 is 1.19 bits per heavy atom. The molecule has 0 fully saturated rings. The van der Waals surface area contributed by atoms with Gasteiger partial charge in [0.05, 0.1) is 31.6 Å². The Bertz CT molecular complexity index is 1270. The van der Waals surface area contributed by atoms with Gasteiger partial charge >= 0.3 is 12.4 Å². The Labute approximate surface area is 184 Å². The van der Waals surface area contributed by atoms with Crippen LogP contribution >= 0.6 is 22.7 Å². The first-order valence-corrected chi connectivity index (χ1v) is 10.8. The van der Waals surface area contributed by atoms with Crippen molar-refractivity contribution in [2.75, 3.05) is 0 Å². The van der Waals surface area contributed by atoms with Gasteiger partial charge in [0.25, 0.3) is 0 Å². The quantitative estimate of drug-likeness (QED) is 0.238. The third-order valence-electron chi connectivity index (χ3n) is 4.82. The van der Waals surface area contributed by atoms with E-state index in [9.17, 15) is 26.3 Å². The van der Waals surface area contributed by atoms with Crippen LogP contribution in [0.2, 0.25) is 0 Å². The van der Waals surface area contributed by atoms with Crippen LogP contribution in [0, 0.1) is 0 Å². The second kappa shape index (κ2) is 7.28. The highest BCUT2D eigenvalue weighted by Crippen LogP contribution is 2.38. The van der Waals surface area contributed by atoms with Gasteiger partial charge in [-0.25, -0.2) is 9.97 Å². The van der Waals surface area contributed by atoms with Gasteiger partial charge < -0.3 is 0 Å². The summed E-state index contributed by atoms with van der Waals surface area (Å²) in [5, 5.41) is 1.18. The Morgan fingerprint density at radius 1 is 0.531 bits per heavy atom. The van der Waals surface area contributed by atoms with E-state index in [0.717, 1.165) is 33.7 Å². The van der Waals surface area contributed by atoms with E-state index >= 15 is 0 Å². The van der Waals surface area contributed by atoms with Crippen molar-refractivity contribution in [1.29, 1.82) is 0 Å². The molecule has 2 aromatic heterocycles. The molecule has 32 heavy (non-hydrogen) atoms. The van der Waals surface area contributed by atoms with E-state index in [-0.39, 0.29) is 0 Å². The van der Waals surface area contributed by atoms with Crippen molar-refractivity contribution in [2.24, 2.45) is 0 Å². The van der Waals surface area contributed by atoms with E-state index in [1.807, 2.05) is 12.1 Å². The first kappa shape index (κ1) is 20.9. The Hall–Kier alpha value is -2.98. The van der Waals surface area contributed by atoms with Gasteiger partial charge in [-0.1, -0.05) is 24.3 Å². The fourth-order valence-corrected chi connectivity index (χ4v) is 5.17. The van der Waals surface area contributed by atoms with Crippen molar-refractivity contribution < 1.29 is 26.3 Å². The lowest BCUT2D eigenvalue weighted by atomic mass is 10.1. The summed E-state index contributed by atoms with van der Waals surface area (Å²) in [6.45, 7) is 0. The monoisotopic (exact) mass is 480 g/mol. The maximum Gasteiger partial charge on any atom is 0.416 e. The van der Waals surface area contributed by atoms with Gasteiger partial charge in [-0.2, -0.15) is 26.3 Å². The van der Waals surface area contributed by atoms with Crippen LogP contribution in [0.15, 0.2) is 60.7 Å². The number of nitrogens with zero attached hydrogens (tertiary/aromatic N) is 2. The van der Waals surface area contributed by atoms with Crippen LogP contribution in [0.5, 0.6) is 0 Å². The van der Waals surface area contributed by atoms with Crippen molar-refractivity contribution in [3.05, 3.63) is 71.8 Å². The SMILES string of the molecule is FC(F)(F)c1ccc(-c2nc3cc4sc(-c5ccc(C(F)(F)F)cc5)nc4cc3s2)cc1. The van der Waals surface area contributed by atoms with Crippen LogP contribution in [-0.4, -0.2) is 9.97 Å². The molecule has 0 radical (unpaired) electrons. The number of rotatable bonds is 2. The van der Waals surface area contributed by atoms with E-state index in [1.54, 1.807) is 0 Å². The summed E-state index contributed by atoms with van der Waals surface area (Å²) >= 11 is 2.67. The molecule has 0 aliphatic rings. The van der Waals surface area contributed by atoms with Crippen molar-refractivity contribution in [3.63, 3.8) is 0 Å². The van der Waals surface area contributed by atoms with Gasteiger partial charge in [0, 0.05) is 11.1 Å². The highest BCUT2D eigenvalue weighted by Gasteiger charge is 2.31. The van der Waals surface area contributed by atoms with Crippen LogP contribution in [0.25, 0.3) is 41.6 Å². The van der Waals surface area contributed by atoms with Crippen molar-refractivity contribution >= 4 is 43.1 Å². The molecule has 0 unspecified atom stereocenters. The summed E-state index contributed by atoms with van der Waals surface area (Å²) in [6.07, 6.45) is -8.79. The number of aromatic nitrogens is 2. The highest BCUT2D eigenvalue weighted by molar-refractivity contribution is 7.23. The van der Waals surface area contributed by atoms with Gasteiger partial charge in [-0.15, -0.1) is 22.7 Å². The summed E-state index contributed by atoms with van der Waals surface area (Å²) < 4.78 is 78.3. The molecule has 0 amide bonds. The maximum atomic E-state index is 12.8. The minimum absolute atomic E-state index is 0.584. The second-order valence-electron chi connectivity index (χ2n) is 6.98. The molecule has 0 aliphatic carbocycles. The molecule has 3 aromatic carbocycles. The number of alkyl halides is 6. The van der Waals surface area contributed by atoms with Crippen LogP contribution in [-0.2, 0) is 12.4 Å². The zero-order chi connectivity index (χ0) is 22.7. The fraction of sp³-hybridized carbons (Fsp3) is 0.0909. The molecule has 5 rings (SSSR count). The molecule has 0 saturated carbocycles. The zero-order valence-corrected chi connectivity index (χ0v) is 17.4. The standard InChI is InChI=1S/C22H10F6N2S2/c23-21(24,25)13-5-1-11(2-6-13)19-29-15-9-18-16(10-17(15)31-19)30-20(32-18)12-3-7-14(8-4-12)22(26,27)28/h1-10H. The molecule has 0 saturated heterocycles. The first-order chi connectivity index (χ1) is 15.1. The molecule has 10 heteroatoms. The summed E-state index contributed by atoms with van der Waals surface area (Å²) in [7, 11) is 0.